The molecule has 0 spiro atoms. The van der Waals surface area contributed by atoms with Crippen LogP contribution in [0.1, 0.15) is 16.7 Å². The number of methoxy groups -OCH3 is 1. The van der Waals surface area contributed by atoms with E-state index in [1.165, 1.54) is 19.2 Å². The molecule has 0 bridgehead atoms. The van der Waals surface area contributed by atoms with Crippen LogP contribution in [0.3, 0.4) is 0 Å². The second-order valence-electron chi connectivity index (χ2n) is 5.09. The third-order valence-electron chi connectivity index (χ3n) is 3.39. The van der Waals surface area contributed by atoms with Crippen molar-refractivity contribution in [2.45, 2.75) is 19.3 Å². The summed E-state index contributed by atoms with van der Waals surface area (Å²) in [7, 11) is 1.30. The summed E-state index contributed by atoms with van der Waals surface area (Å²) in [6.07, 6.45) is -4.55. The van der Waals surface area contributed by atoms with Crippen molar-refractivity contribution in [3.05, 3.63) is 53.1 Å². The number of ether oxygens (including phenoxy) is 2. The highest BCUT2D eigenvalue weighted by Crippen LogP contribution is 2.32. The number of nitriles is 1. The molecule has 138 valence electrons. The Kier molecular flexibility index (Phi) is 5.87. The topological polar surface area (TPSA) is 54.3 Å². The van der Waals surface area contributed by atoms with Crippen LogP contribution >= 0.6 is 0 Å². The van der Waals surface area contributed by atoms with E-state index >= 15 is 0 Å². The minimum atomic E-state index is -4.55. The second-order valence-corrected chi connectivity index (χ2v) is 5.09. The van der Waals surface area contributed by atoms with Gasteiger partial charge in [0.15, 0.2) is 11.5 Å². The van der Waals surface area contributed by atoms with Crippen molar-refractivity contribution in [3.8, 4) is 17.6 Å². The molecule has 4 nitrogen and oxygen atoms in total. The van der Waals surface area contributed by atoms with Crippen LogP contribution in [0.15, 0.2) is 36.4 Å². The third-order valence-corrected chi connectivity index (χ3v) is 3.39. The van der Waals surface area contributed by atoms with Gasteiger partial charge >= 0.3 is 12.8 Å². The first-order valence-electron chi connectivity index (χ1n) is 7.21. The zero-order chi connectivity index (χ0) is 19.3. The van der Waals surface area contributed by atoms with Crippen LogP contribution < -0.4 is 14.8 Å². The molecule has 0 amide bonds. The molecule has 0 fully saturated rings. The average molecular weight is 372 g/mol. The van der Waals surface area contributed by atoms with E-state index in [1.54, 1.807) is 12.1 Å². The molecule has 1 N–H and O–H groups in total. The van der Waals surface area contributed by atoms with Gasteiger partial charge in [-0.2, -0.15) is 27.2 Å². The van der Waals surface area contributed by atoms with Gasteiger partial charge < -0.3 is 14.8 Å². The summed E-state index contributed by atoms with van der Waals surface area (Å²) in [6, 6.07) is 8.73. The Balaban J connectivity index is 2.20. The van der Waals surface area contributed by atoms with E-state index in [0.29, 0.717) is 5.56 Å². The quantitative estimate of drug-likeness (QED) is 0.740. The van der Waals surface area contributed by atoms with E-state index in [-0.39, 0.29) is 29.3 Å². The van der Waals surface area contributed by atoms with E-state index in [9.17, 15) is 22.0 Å². The fourth-order valence-electron chi connectivity index (χ4n) is 2.18. The van der Waals surface area contributed by atoms with Gasteiger partial charge in [-0.25, -0.2) is 0 Å². The molecule has 0 aliphatic carbocycles. The molecule has 2 aromatic rings. The van der Waals surface area contributed by atoms with Gasteiger partial charge in [-0.15, -0.1) is 0 Å². The lowest BCUT2D eigenvalue weighted by Gasteiger charge is -2.14. The number of benzene rings is 2. The van der Waals surface area contributed by atoms with Crippen LogP contribution in [-0.4, -0.2) is 13.7 Å². The lowest BCUT2D eigenvalue weighted by Crippen LogP contribution is -2.08. The summed E-state index contributed by atoms with van der Waals surface area (Å²) in [5.41, 5.74) is -0.424. The van der Waals surface area contributed by atoms with Gasteiger partial charge in [0, 0.05) is 6.54 Å². The molecule has 0 aliphatic rings. The van der Waals surface area contributed by atoms with Gasteiger partial charge in [-0.05, 0) is 35.9 Å². The highest BCUT2D eigenvalue weighted by Gasteiger charge is 2.31. The van der Waals surface area contributed by atoms with Gasteiger partial charge in [0.05, 0.1) is 23.9 Å². The molecule has 0 unspecified atom stereocenters. The maximum Gasteiger partial charge on any atom is 0.416 e. The van der Waals surface area contributed by atoms with E-state index in [4.69, 9.17) is 10.00 Å². The molecule has 2 rings (SSSR count). The number of alkyl halides is 5. The average Bonchev–Trinajstić information content (AvgIpc) is 2.58. The Morgan fingerprint density at radius 3 is 2.42 bits per heavy atom. The molecule has 2 aromatic carbocycles. The maximum atomic E-state index is 12.7. The normalized spacial score (nSPS) is 11.2. The Labute approximate surface area is 145 Å². The van der Waals surface area contributed by atoms with Gasteiger partial charge in [0.1, 0.15) is 6.07 Å². The number of hydrogen-bond donors (Lipinski definition) is 1. The van der Waals surface area contributed by atoms with Crippen molar-refractivity contribution in [2.24, 2.45) is 0 Å². The first-order valence-corrected chi connectivity index (χ1v) is 7.21. The lowest BCUT2D eigenvalue weighted by atomic mass is 10.1. The number of anilines is 1. The van der Waals surface area contributed by atoms with Crippen molar-refractivity contribution in [1.29, 1.82) is 5.26 Å². The van der Waals surface area contributed by atoms with E-state index in [1.807, 2.05) is 0 Å². The predicted molar refractivity (Wildman–Crippen MR) is 83.1 cm³/mol. The molecular weight excluding hydrogens is 359 g/mol. The minimum Gasteiger partial charge on any atom is -0.493 e. The fourth-order valence-corrected chi connectivity index (χ4v) is 2.18. The Hall–Kier alpha value is -3.02. The smallest absolute Gasteiger partial charge is 0.416 e. The van der Waals surface area contributed by atoms with Crippen molar-refractivity contribution in [3.63, 3.8) is 0 Å². The van der Waals surface area contributed by atoms with Gasteiger partial charge in [-0.1, -0.05) is 6.07 Å². The van der Waals surface area contributed by atoms with E-state index in [2.05, 4.69) is 10.1 Å². The number of nitrogens with zero attached hydrogens (tertiary/aromatic N) is 1. The molecule has 0 saturated carbocycles. The minimum absolute atomic E-state index is 0.0731. The zero-order valence-electron chi connectivity index (χ0n) is 13.4. The molecule has 9 heteroatoms. The van der Waals surface area contributed by atoms with Gasteiger partial charge in [-0.3, -0.25) is 0 Å². The number of hydrogen-bond acceptors (Lipinski definition) is 4. The molecule has 0 atom stereocenters. The predicted octanol–water partition coefficient (Wildman–Crippen LogP) is 4.80. The molecular formula is C17H13F5N2O2. The second kappa shape index (κ2) is 7.91. The number of rotatable bonds is 6. The number of nitrogens with one attached hydrogen (secondary N) is 1. The van der Waals surface area contributed by atoms with Crippen LogP contribution in [-0.2, 0) is 12.7 Å². The van der Waals surface area contributed by atoms with Crippen molar-refractivity contribution < 1.29 is 31.4 Å². The maximum absolute atomic E-state index is 12.7. The van der Waals surface area contributed by atoms with Gasteiger partial charge in [0.25, 0.3) is 0 Å². The summed E-state index contributed by atoms with van der Waals surface area (Å²) in [4.78, 5) is 0. The Morgan fingerprint density at radius 1 is 1.12 bits per heavy atom. The van der Waals surface area contributed by atoms with Crippen LogP contribution in [0, 0.1) is 11.3 Å². The van der Waals surface area contributed by atoms with Crippen molar-refractivity contribution in [2.75, 3.05) is 12.4 Å². The molecule has 26 heavy (non-hydrogen) atoms. The van der Waals surface area contributed by atoms with Crippen molar-refractivity contribution >= 4 is 5.69 Å². The molecule has 0 aromatic heterocycles. The lowest BCUT2D eigenvalue weighted by molar-refractivity contribution is -0.137. The SMILES string of the molecule is COc1ccc(CNc2ccc(C(F)(F)F)cc2C#N)cc1OC(F)F. The Bertz CT molecular complexity index is 816. The first-order chi connectivity index (χ1) is 12.2. The third kappa shape index (κ3) is 4.75. The van der Waals surface area contributed by atoms with Crippen LogP contribution in [0.4, 0.5) is 27.6 Å². The highest BCUT2D eigenvalue weighted by atomic mass is 19.4. The fraction of sp³-hybridized carbons (Fsp3) is 0.235. The summed E-state index contributed by atoms with van der Waals surface area (Å²) in [6.45, 7) is -2.96. The monoisotopic (exact) mass is 372 g/mol. The van der Waals surface area contributed by atoms with Crippen molar-refractivity contribution in [1.82, 2.24) is 0 Å². The highest BCUT2D eigenvalue weighted by molar-refractivity contribution is 5.59. The molecule has 0 saturated heterocycles. The van der Waals surface area contributed by atoms with Crippen LogP contribution in [0.5, 0.6) is 11.5 Å². The van der Waals surface area contributed by atoms with E-state index in [0.717, 1.165) is 18.2 Å². The Morgan fingerprint density at radius 2 is 1.85 bits per heavy atom. The van der Waals surface area contributed by atoms with E-state index < -0.39 is 18.4 Å². The van der Waals surface area contributed by atoms with Gasteiger partial charge in [0.2, 0.25) is 0 Å². The standard InChI is InChI=1S/C17H13F5N2O2/c1-25-14-5-2-10(6-15(14)26-16(18)19)9-24-13-4-3-12(17(20,21)22)7-11(13)8-23/h2-7,16,24H,9H2,1H3. The molecule has 0 radical (unpaired) electrons. The summed E-state index contributed by atoms with van der Waals surface area (Å²) in [5.74, 6) is -0.0592. The summed E-state index contributed by atoms with van der Waals surface area (Å²) < 4.78 is 72.2. The van der Waals surface area contributed by atoms with Crippen LogP contribution in [0.25, 0.3) is 0 Å². The zero-order valence-corrected chi connectivity index (χ0v) is 13.4. The largest absolute Gasteiger partial charge is 0.493 e. The molecule has 0 aliphatic heterocycles. The number of halogens is 5. The molecule has 0 heterocycles. The first kappa shape index (κ1) is 19.3. The summed E-state index contributed by atoms with van der Waals surface area (Å²) >= 11 is 0. The van der Waals surface area contributed by atoms with Crippen LogP contribution in [0.2, 0.25) is 0 Å². The summed E-state index contributed by atoms with van der Waals surface area (Å²) in [5, 5.41) is 11.8.